The maximum absolute atomic E-state index is 8.69. The molecular weight excluding hydrogens is 212 g/mol. The normalized spacial score (nSPS) is 9.60. The second-order valence-corrected chi connectivity index (χ2v) is 3.12. The minimum atomic E-state index is 0.202. The lowest BCUT2D eigenvalue weighted by atomic mass is 10.1. The molecule has 4 nitrogen and oxygen atoms in total. The number of rotatable bonds is 1. The van der Waals surface area contributed by atoms with Crippen LogP contribution in [-0.2, 0) is 0 Å². The fraction of sp³-hybridized carbons (Fsp3) is 0. The van der Waals surface area contributed by atoms with Crippen molar-refractivity contribution >= 4 is 11.6 Å². The first-order chi connectivity index (χ1) is 7.29. The summed E-state index contributed by atoms with van der Waals surface area (Å²) < 4.78 is 0. The van der Waals surface area contributed by atoms with E-state index in [0.717, 1.165) is 11.1 Å². The first-order valence-electron chi connectivity index (χ1n) is 4.13. The molecule has 2 aromatic heterocycles. The number of hydrogen-bond donors (Lipinski definition) is 0. The molecule has 2 aromatic rings. The SMILES string of the molecule is N#Cc1cc(-c2cnc(Cl)nc2)ccn1. The number of halogens is 1. The highest BCUT2D eigenvalue weighted by molar-refractivity contribution is 6.28. The summed E-state index contributed by atoms with van der Waals surface area (Å²) in [6.07, 6.45) is 4.78. The molecule has 0 radical (unpaired) electrons. The van der Waals surface area contributed by atoms with Crippen molar-refractivity contribution in [2.45, 2.75) is 0 Å². The van der Waals surface area contributed by atoms with E-state index in [1.54, 1.807) is 30.7 Å². The Morgan fingerprint density at radius 3 is 2.53 bits per heavy atom. The van der Waals surface area contributed by atoms with Crippen LogP contribution in [0.25, 0.3) is 11.1 Å². The standard InChI is InChI=1S/C10H5ClN4/c11-10-14-5-8(6-15-10)7-1-2-13-9(3-7)4-12/h1-3,5-6H. The van der Waals surface area contributed by atoms with Crippen molar-refractivity contribution in [3.05, 3.63) is 41.7 Å². The molecule has 0 atom stereocenters. The zero-order chi connectivity index (χ0) is 10.7. The van der Waals surface area contributed by atoms with E-state index in [2.05, 4.69) is 15.0 Å². The predicted octanol–water partition coefficient (Wildman–Crippen LogP) is 2.06. The molecule has 0 fully saturated rings. The molecule has 0 bridgehead atoms. The molecule has 15 heavy (non-hydrogen) atoms. The number of nitrogens with zero attached hydrogens (tertiary/aromatic N) is 4. The van der Waals surface area contributed by atoms with Gasteiger partial charge in [0.25, 0.3) is 0 Å². The lowest BCUT2D eigenvalue weighted by Crippen LogP contribution is -1.87. The van der Waals surface area contributed by atoms with E-state index in [1.165, 1.54) is 0 Å². The molecule has 2 heterocycles. The molecule has 0 aliphatic rings. The van der Waals surface area contributed by atoms with Gasteiger partial charge in [-0.05, 0) is 29.3 Å². The molecule has 0 saturated carbocycles. The Labute approximate surface area is 91.2 Å². The Balaban J connectivity index is 2.46. The summed E-state index contributed by atoms with van der Waals surface area (Å²) in [4.78, 5) is 11.6. The van der Waals surface area contributed by atoms with Crippen LogP contribution >= 0.6 is 11.6 Å². The van der Waals surface area contributed by atoms with E-state index in [0.29, 0.717) is 5.69 Å². The van der Waals surface area contributed by atoms with Gasteiger partial charge in [0.2, 0.25) is 5.28 Å². The first-order valence-corrected chi connectivity index (χ1v) is 4.51. The van der Waals surface area contributed by atoms with Crippen LogP contribution < -0.4 is 0 Å². The fourth-order valence-electron chi connectivity index (χ4n) is 1.13. The van der Waals surface area contributed by atoms with Crippen LogP contribution in [-0.4, -0.2) is 15.0 Å². The minimum absolute atomic E-state index is 0.202. The van der Waals surface area contributed by atoms with Gasteiger partial charge in [-0.3, -0.25) is 0 Å². The summed E-state index contributed by atoms with van der Waals surface area (Å²) in [5.41, 5.74) is 2.01. The van der Waals surface area contributed by atoms with Crippen molar-refractivity contribution in [3.63, 3.8) is 0 Å². The average molecular weight is 217 g/mol. The van der Waals surface area contributed by atoms with Crippen LogP contribution in [0.15, 0.2) is 30.7 Å². The topological polar surface area (TPSA) is 62.5 Å². The van der Waals surface area contributed by atoms with Gasteiger partial charge in [0.15, 0.2) is 0 Å². The van der Waals surface area contributed by atoms with E-state index < -0.39 is 0 Å². The van der Waals surface area contributed by atoms with Gasteiger partial charge in [0, 0.05) is 24.2 Å². The van der Waals surface area contributed by atoms with E-state index in [-0.39, 0.29) is 5.28 Å². The largest absolute Gasteiger partial charge is 0.246 e. The van der Waals surface area contributed by atoms with Gasteiger partial charge in [-0.25, -0.2) is 15.0 Å². The summed E-state index contributed by atoms with van der Waals surface area (Å²) in [7, 11) is 0. The third-order valence-corrected chi connectivity index (χ3v) is 2.02. The van der Waals surface area contributed by atoms with Crippen molar-refractivity contribution in [2.24, 2.45) is 0 Å². The van der Waals surface area contributed by atoms with E-state index >= 15 is 0 Å². The third-order valence-electron chi connectivity index (χ3n) is 1.83. The highest BCUT2D eigenvalue weighted by Gasteiger charge is 2.00. The Morgan fingerprint density at radius 1 is 1.13 bits per heavy atom. The highest BCUT2D eigenvalue weighted by atomic mass is 35.5. The predicted molar refractivity (Wildman–Crippen MR) is 55.0 cm³/mol. The Kier molecular flexibility index (Phi) is 2.57. The van der Waals surface area contributed by atoms with Crippen molar-refractivity contribution in [3.8, 4) is 17.2 Å². The lowest BCUT2D eigenvalue weighted by Gasteiger charge is -1.99. The van der Waals surface area contributed by atoms with Gasteiger partial charge in [0.05, 0.1) is 0 Å². The second-order valence-electron chi connectivity index (χ2n) is 2.78. The summed E-state index contributed by atoms with van der Waals surface area (Å²) in [5, 5.41) is 8.89. The zero-order valence-corrected chi connectivity index (χ0v) is 8.31. The van der Waals surface area contributed by atoms with Crippen LogP contribution in [0, 0.1) is 11.3 Å². The number of aromatic nitrogens is 3. The summed E-state index contributed by atoms with van der Waals surface area (Å²) >= 11 is 5.57. The van der Waals surface area contributed by atoms with Gasteiger partial charge in [-0.1, -0.05) is 0 Å². The molecular formula is C10H5ClN4. The van der Waals surface area contributed by atoms with Gasteiger partial charge in [-0.15, -0.1) is 0 Å². The Hall–Kier alpha value is -1.99. The molecule has 0 aliphatic heterocycles. The Bertz CT molecular complexity index is 516. The number of nitriles is 1. The van der Waals surface area contributed by atoms with Gasteiger partial charge in [0.1, 0.15) is 11.8 Å². The van der Waals surface area contributed by atoms with Crippen LogP contribution in [0.1, 0.15) is 5.69 Å². The molecule has 72 valence electrons. The van der Waals surface area contributed by atoms with Crippen LogP contribution in [0.3, 0.4) is 0 Å². The molecule has 0 unspecified atom stereocenters. The smallest absolute Gasteiger partial charge is 0.222 e. The van der Waals surface area contributed by atoms with Gasteiger partial charge in [-0.2, -0.15) is 5.26 Å². The monoisotopic (exact) mass is 216 g/mol. The van der Waals surface area contributed by atoms with Gasteiger partial charge < -0.3 is 0 Å². The van der Waals surface area contributed by atoms with E-state index in [1.807, 2.05) is 6.07 Å². The summed E-state index contributed by atoms with van der Waals surface area (Å²) in [5.74, 6) is 0. The molecule has 0 amide bonds. The summed E-state index contributed by atoms with van der Waals surface area (Å²) in [6.45, 7) is 0. The van der Waals surface area contributed by atoms with Crippen molar-refractivity contribution < 1.29 is 0 Å². The minimum Gasteiger partial charge on any atom is -0.246 e. The van der Waals surface area contributed by atoms with Crippen LogP contribution in [0.4, 0.5) is 0 Å². The van der Waals surface area contributed by atoms with Crippen molar-refractivity contribution in [1.29, 1.82) is 5.26 Å². The van der Waals surface area contributed by atoms with Crippen LogP contribution in [0.2, 0.25) is 5.28 Å². The molecule has 2 rings (SSSR count). The average Bonchev–Trinajstić information content (AvgIpc) is 2.30. The maximum Gasteiger partial charge on any atom is 0.222 e. The molecule has 5 heteroatoms. The quantitative estimate of drug-likeness (QED) is 0.685. The third kappa shape index (κ3) is 2.09. The van der Waals surface area contributed by atoms with Crippen molar-refractivity contribution in [1.82, 2.24) is 15.0 Å². The number of hydrogen-bond acceptors (Lipinski definition) is 4. The van der Waals surface area contributed by atoms with E-state index in [4.69, 9.17) is 16.9 Å². The Morgan fingerprint density at radius 2 is 1.87 bits per heavy atom. The van der Waals surface area contributed by atoms with Gasteiger partial charge >= 0.3 is 0 Å². The fourth-order valence-corrected chi connectivity index (χ4v) is 1.23. The zero-order valence-electron chi connectivity index (χ0n) is 7.55. The first kappa shape index (κ1) is 9.56. The molecule has 0 saturated heterocycles. The van der Waals surface area contributed by atoms with E-state index in [9.17, 15) is 0 Å². The second kappa shape index (κ2) is 4.03. The molecule has 0 aromatic carbocycles. The molecule has 0 spiro atoms. The lowest BCUT2D eigenvalue weighted by molar-refractivity contribution is 1.17. The molecule has 0 aliphatic carbocycles. The summed E-state index contributed by atoms with van der Waals surface area (Å²) in [6, 6.07) is 5.43. The van der Waals surface area contributed by atoms with Crippen LogP contribution in [0.5, 0.6) is 0 Å². The maximum atomic E-state index is 8.69. The molecule has 0 N–H and O–H groups in total. The number of pyridine rings is 1. The highest BCUT2D eigenvalue weighted by Crippen LogP contribution is 2.17. The van der Waals surface area contributed by atoms with Crippen molar-refractivity contribution in [2.75, 3.05) is 0 Å².